The number of carboxylic acids is 1. The second kappa shape index (κ2) is 8.04. The summed E-state index contributed by atoms with van der Waals surface area (Å²) in [5, 5.41) is 11.1. The average molecular weight is 292 g/mol. The molecule has 0 unspecified atom stereocenters. The van der Waals surface area contributed by atoms with E-state index >= 15 is 0 Å². The number of hydrogen-bond donors (Lipinski definition) is 2. The van der Waals surface area contributed by atoms with Crippen LogP contribution >= 0.6 is 0 Å². The molecule has 2 amide bonds. The quantitative estimate of drug-likeness (QED) is 0.785. The molecule has 1 rings (SSSR count). The molecule has 0 aliphatic heterocycles. The third-order valence-electron chi connectivity index (χ3n) is 3.02. The Morgan fingerprint density at radius 1 is 1.24 bits per heavy atom. The average Bonchev–Trinajstić information content (AvgIpc) is 2.44. The van der Waals surface area contributed by atoms with Gasteiger partial charge >= 0.3 is 5.97 Å². The van der Waals surface area contributed by atoms with E-state index in [1.165, 1.54) is 13.8 Å². The Morgan fingerprint density at radius 2 is 1.86 bits per heavy atom. The summed E-state index contributed by atoms with van der Waals surface area (Å²) >= 11 is 0. The molecule has 0 radical (unpaired) electrons. The standard InChI is InChI=1S/C15H20N2O4/c1-11(15(20)21)16-14(19)8-9-17(12(2)18)10-13-6-4-3-5-7-13/h3-7,11H,8-10H2,1-2H3,(H,16,19)(H,20,21)/t11-/m0/s1. The molecule has 114 valence electrons. The predicted molar refractivity (Wildman–Crippen MR) is 77.4 cm³/mol. The molecule has 0 heterocycles. The SMILES string of the molecule is CC(=O)N(CCC(=O)N[C@@H](C)C(=O)O)Cc1ccccc1. The second-order valence-corrected chi connectivity index (χ2v) is 4.80. The summed E-state index contributed by atoms with van der Waals surface area (Å²) < 4.78 is 0. The molecule has 0 aromatic heterocycles. The zero-order valence-electron chi connectivity index (χ0n) is 12.2. The summed E-state index contributed by atoms with van der Waals surface area (Å²) in [7, 11) is 0. The molecule has 0 bridgehead atoms. The third kappa shape index (κ3) is 6.07. The van der Waals surface area contributed by atoms with Crippen molar-refractivity contribution in [3.63, 3.8) is 0 Å². The van der Waals surface area contributed by atoms with Gasteiger partial charge in [-0.2, -0.15) is 0 Å². The zero-order valence-corrected chi connectivity index (χ0v) is 12.2. The number of aliphatic carboxylic acids is 1. The molecule has 2 N–H and O–H groups in total. The summed E-state index contributed by atoms with van der Waals surface area (Å²) in [6.45, 7) is 3.52. The van der Waals surface area contributed by atoms with Gasteiger partial charge in [0, 0.05) is 26.4 Å². The summed E-state index contributed by atoms with van der Waals surface area (Å²) in [6.07, 6.45) is 0.0734. The van der Waals surface area contributed by atoms with Gasteiger partial charge in [-0.05, 0) is 12.5 Å². The number of nitrogens with zero attached hydrogens (tertiary/aromatic N) is 1. The van der Waals surface area contributed by atoms with Crippen molar-refractivity contribution < 1.29 is 19.5 Å². The third-order valence-corrected chi connectivity index (χ3v) is 3.02. The van der Waals surface area contributed by atoms with Crippen LogP contribution in [0.1, 0.15) is 25.8 Å². The predicted octanol–water partition coefficient (Wildman–Crippen LogP) is 1.01. The zero-order chi connectivity index (χ0) is 15.8. The van der Waals surface area contributed by atoms with E-state index in [-0.39, 0.29) is 24.8 Å². The van der Waals surface area contributed by atoms with Crippen molar-refractivity contribution in [3.8, 4) is 0 Å². The highest BCUT2D eigenvalue weighted by Crippen LogP contribution is 2.05. The van der Waals surface area contributed by atoms with Gasteiger partial charge in [0.1, 0.15) is 6.04 Å². The monoisotopic (exact) mass is 292 g/mol. The highest BCUT2D eigenvalue weighted by Gasteiger charge is 2.16. The Hall–Kier alpha value is -2.37. The minimum Gasteiger partial charge on any atom is -0.480 e. The van der Waals surface area contributed by atoms with Crippen molar-refractivity contribution in [3.05, 3.63) is 35.9 Å². The largest absolute Gasteiger partial charge is 0.480 e. The van der Waals surface area contributed by atoms with Gasteiger partial charge in [-0.15, -0.1) is 0 Å². The first-order valence-electron chi connectivity index (χ1n) is 6.71. The molecule has 0 saturated carbocycles. The van der Waals surface area contributed by atoms with Gasteiger partial charge in [-0.1, -0.05) is 30.3 Å². The van der Waals surface area contributed by atoms with Gasteiger partial charge in [0.2, 0.25) is 11.8 Å². The van der Waals surface area contributed by atoms with Gasteiger partial charge in [0.25, 0.3) is 0 Å². The maximum atomic E-state index is 11.6. The van der Waals surface area contributed by atoms with Crippen LogP contribution in [0.3, 0.4) is 0 Å². The Bertz CT molecular complexity index is 502. The van der Waals surface area contributed by atoms with E-state index in [9.17, 15) is 14.4 Å². The van der Waals surface area contributed by atoms with E-state index in [0.29, 0.717) is 6.54 Å². The molecule has 6 nitrogen and oxygen atoms in total. The van der Waals surface area contributed by atoms with Crippen molar-refractivity contribution in [1.82, 2.24) is 10.2 Å². The van der Waals surface area contributed by atoms with Crippen LogP contribution in [0.25, 0.3) is 0 Å². The van der Waals surface area contributed by atoms with Gasteiger partial charge in [-0.25, -0.2) is 0 Å². The number of carboxylic acid groups (broad SMARTS) is 1. The van der Waals surface area contributed by atoms with E-state index in [4.69, 9.17) is 5.11 Å². The van der Waals surface area contributed by atoms with Crippen LogP contribution in [0.2, 0.25) is 0 Å². The number of rotatable bonds is 7. The fourth-order valence-corrected chi connectivity index (χ4v) is 1.76. The van der Waals surface area contributed by atoms with Gasteiger partial charge < -0.3 is 15.3 Å². The molecule has 0 spiro atoms. The van der Waals surface area contributed by atoms with Crippen molar-refractivity contribution in [2.24, 2.45) is 0 Å². The van der Waals surface area contributed by atoms with Crippen LogP contribution in [0.4, 0.5) is 0 Å². The van der Waals surface area contributed by atoms with Crippen LogP contribution in [0.5, 0.6) is 0 Å². The lowest BCUT2D eigenvalue weighted by Crippen LogP contribution is -2.40. The minimum absolute atomic E-state index is 0.0734. The lowest BCUT2D eigenvalue weighted by Gasteiger charge is -2.21. The fourth-order valence-electron chi connectivity index (χ4n) is 1.76. The maximum absolute atomic E-state index is 11.6. The Balaban J connectivity index is 2.50. The van der Waals surface area contributed by atoms with Crippen molar-refractivity contribution in [2.45, 2.75) is 32.9 Å². The maximum Gasteiger partial charge on any atom is 0.325 e. The van der Waals surface area contributed by atoms with E-state index < -0.39 is 12.0 Å². The molecular formula is C15H20N2O4. The smallest absolute Gasteiger partial charge is 0.325 e. The molecule has 0 saturated heterocycles. The lowest BCUT2D eigenvalue weighted by atomic mass is 10.2. The van der Waals surface area contributed by atoms with Crippen LogP contribution in [-0.4, -0.2) is 40.4 Å². The molecule has 6 heteroatoms. The molecule has 1 aromatic rings. The normalized spacial score (nSPS) is 11.5. The first-order chi connectivity index (χ1) is 9.90. The molecule has 0 aliphatic rings. The fraction of sp³-hybridized carbons (Fsp3) is 0.400. The van der Waals surface area contributed by atoms with E-state index in [1.807, 2.05) is 30.3 Å². The number of amides is 2. The van der Waals surface area contributed by atoms with Gasteiger partial charge in [0.05, 0.1) is 0 Å². The minimum atomic E-state index is -1.09. The van der Waals surface area contributed by atoms with Gasteiger partial charge in [-0.3, -0.25) is 14.4 Å². The number of carbonyl (C=O) groups is 3. The molecular weight excluding hydrogens is 272 g/mol. The van der Waals surface area contributed by atoms with Crippen molar-refractivity contribution in [2.75, 3.05) is 6.54 Å². The summed E-state index contributed by atoms with van der Waals surface area (Å²) in [6, 6.07) is 8.54. The highest BCUT2D eigenvalue weighted by atomic mass is 16.4. The topological polar surface area (TPSA) is 86.7 Å². The number of hydrogen-bond acceptors (Lipinski definition) is 3. The second-order valence-electron chi connectivity index (χ2n) is 4.80. The Morgan fingerprint density at radius 3 is 2.38 bits per heavy atom. The van der Waals surface area contributed by atoms with Crippen molar-refractivity contribution >= 4 is 17.8 Å². The first-order valence-corrected chi connectivity index (χ1v) is 6.71. The first kappa shape index (κ1) is 16.7. The van der Waals surface area contributed by atoms with Crippen LogP contribution in [0, 0.1) is 0 Å². The van der Waals surface area contributed by atoms with Crippen LogP contribution < -0.4 is 5.32 Å². The molecule has 0 aliphatic carbocycles. The van der Waals surface area contributed by atoms with E-state index in [0.717, 1.165) is 5.56 Å². The van der Waals surface area contributed by atoms with Crippen LogP contribution in [0.15, 0.2) is 30.3 Å². The highest BCUT2D eigenvalue weighted by molar-refractivity contribution is 5.83. The summed E-state index contributed by atoms with van der Waals surface area (Å²) in [4.78, 5) is 35.4. The molecule has 1 aromatic carbocycles. The molecule has 1 atom stereocenters. The summed E-state index contributed by atoms with van der Waals surface area (Å²) in [5.74, 6) is -1.60. The van der Waals surface area contributed by atoms with Crippen LogP contribution in [-0.2, 0) is 20.9 Å². The number of nitrogens with one attached hydrogen (secondary N) is 1. The number of carbonyl (C=O) groups excluding carboxylic acids is 2. The molecule has 0 fully saturated rings. The Kier molecular flexibility index (Phi) is 6.39. The van der Waals surface area contributed by atoms with E-state index in [2.05, 4.69) is 5.32 Å². The Labute approximate surface area is 123 Å². The van der Waals surface area contributed by atoms with E-state index in [1.54, 1.807) is 4.90 Å². The molecule has 21 heavy (non-hydrogen) atoms. The number of benzene rings is 1. The lowest BCUT2D eigenvalue weighted by molar-refractivity contribution is -0.141. The van der Waals surface area contributed by atoms with Crippen molar-refractivity contribution in [1.29, 1.82) is 0 Å². The summed E-state index contributed by atoms with van der Waals surface area (Å²) in [5.41, 5.74) is 0.979. The van der Waals surface area contributed by atoms with Gasteiger partial charge in [0.15, 0.2) is 0 Å².